The summed E-state index contributed by atoms with van der Waals surface area (Å²) in [6.07, 6.45) is 0. The van der Waals surface area contributed by atoms with E-state index in [1.165, 1.54) is 11.1 Å². The Kier molecular flexibility index (Phi) is 4.06. The van der Waals surface area contributed by atoms with Crippen molar-refractivity contribution < 1.29 is 4.42 Å². The Morgan fingerprint density at radius 3 is 1.97 bits per heavy atom. The molecular weight excluding hydrogens is 356 g/mol. The number of aryl methyl sites for hydroxylation is 2. The molecule has 0 unspecified atom stereocenters. The van der Waals surface area contributed by atoms with Gasteiger partial charge in [-0.2, -0.15) is 0 Å². The zero-order valence-electron chi connectivity index (χ0n) is 16.4. The second-order valence-corrected chi connectivity index (χ2v) is 7.54. The minimum absolute atomic E-state index is 0.301. The third kappa shape index (κ3) is 2.94. The van der Waals surface area contributed by atoms with Gasteiger partial charge in [-0.05, 0) is 36.6 Å². The van der Waals surface area contributed by atoms with Gasteiger partial charge >= 0.3 is 5.63 Å². The summed E-state index contributed by atoms with van der Waals surface area (Å²) in [5.74, 6) is 0.616. The Morgan fingerprint density at radius 2 is 1.28 bits per heavy atom. The van der Waals surface area contributed by atoms with Gasteiger partial charge in [-0.25, -0.2) is 4.79 Å². The quantitative estimate of drug-likeness (QED) is 0.337. The summed E-state index contributed by atoms with van der Waals surface area (Å²) in [6, 6.07) is 28.6. The van der Waals surface area contributed by atoms with Crippen LogP contribution in [0.15, 0.2) is 94.1 Å². The minimum Gasteiger partial charge on any atom is -0.422 e. The fraction of sp³-hybridized carbons (Fsp3) is 0.0741. The average Bonchev–Trinajstić information content (AvgIpc) is 2.92. The zero-order chi connectivity index (χ0) is 20.0. The van der Waals surface area contributed by atoms with Gasteiger partial charge in [0.2, 0.25) is 0 Å². The van der Waals surface area contributed by atoms with Gasteiger partial charge < -0.3 is 4.42 Å². The van der Waals surface area contributed by atoms with Crippen LogP contribution in [0.3, 0.4) is 0 Å². The zero-order valence-corrected chi connectivity index (χ0v) is 16.4. The van der Waals surface area contributed by atoms with Crippen molar-refractivity contribution in [2.75, 3.05) is 0 Å². The Balaban J connectivity index is 1.96. The first kappa shape index (κ1) is 17.4. The van der Waals surface area contributed by atoms with E-state index in [9.17, 15) is 4.79 Å². The first-order valence-corrected chi connectivity index (χ1v) is 9.74. The van der Waals surface area contributed by atoms with Gasteiger partial charge in [0.05, 0.1) is 5.39 Å². The lowest BCUT2D eigenvalue weighted by Gasteiger charge is -2.12. The lowest BCUT2D eigenvalue weighted by atomic mass is 9.94. The topological polar surface area (TPSA) is 30.2 Å². The van der Waals surface area contributed by atoms with Crippen molar-refractivity contribution in [2.45, 2.75) is 13.8 Å². The number of hydrogen-bond donors (Lipinski definition) is 0. The standard InChI is InChI=1S/C27H20O2/c1-17-8-12-19(13-9-17)24-25-22-7-5-3-4-6-21(22)16-23(25)27(28)29-26(24)20-14-10-18(2)11-15-20/h3-16H,1-2H3. The predicted octanol–water partition coefficient (Wildman–Crippen LogP) is 6.85. The number of rotatable bonds is 2. The van der Waals surface area contributed by atoms with E-state index >= 15 is 0 Å². The van der Waals surface area contributed by atoms with Crippen LogP contribution in [-0.2, 0) is 0 Å². The van der Waals surface area contributed by atoms with E-state index in [0.29, 0.717) is 11.1 Å². The molecule has 2 aromatic carbocycles. The molecule has 0 radical (unpaired) electrons. The van der Waals surface area contributed by atoms with Crippen molar-refractivity contribution in [3.8, 4) is 33.6 Å². The fourth-order valence-corrected chi connectivity index (χ4v) is 3.93. The van der Waals surface area contributed by atoms with Crippen molar-refractivity contribution in [1.29, 1.82) is 0 Å². The van der Waals surface area contributed by atoms with Crippen LogP contribution in [0.4, 0.5) is 0 Å². The summed E-state index contributed by atoms with van der Waals surface area (Å²) in [4.78, 5) is 13.0. The molecule has 0 spiro atoms. The van der Waals surface area contributed by atoms with Crippen LogP contribution in [0, 0.1) is 13.8 Å². The van der Waals surface area contributed by atoms with Gasteiger partial charge in [0.1, 0.15) is 5.76 Å². The van der Waals surface area contributed by atoms with E-state index in [1.807, 2.05) is 54.6 Å². The SMILES string of the molecule is Cc1ccc(-c2oc(=O)c3cc4cccccc-4c3c2-c2ccc(C)cc2)cc1. The maximum absolute atomic E-state index is 13.0. The molecule has 2 nitrogen and oxygen atoms in total. The predicted molar refractivity (Wildman–Crippen MR) is 119 cm³/mol. The Morgan fingerprint density at radius 1 is 0.655 bits per heavy atom. The average molecular weight is 376 g/mol. The molecule has 0 N–H and O–H groups in total. The maximum atomic E-state index is 13.0. The third-order valence-corrected chi connectivity index (χ3v) is 5.46. The first-order chi connectivity index (χ1) is 14.1. The summed E-state index contributed by atoms with van der Waals surface area (Å²) < 4.78 is 5.93. The minimum atomic E-state index is -0.301. The van der Waals surface area contributed by atoms with E-state index in [1.54, 1.807) is 0 Å². The lowest BCUT2D eigenvalue weighted by molar-refractivity contribution is 0.536. The largest absolute Gasteiger partial charge is 0.422 e. The van der Waals surface area contributed by atoms with Crippen molar-refractivity contribution in [3.05, 3.63) is 106 Å². The normalized spacial score (nSPS) is 11.2. The maximum Gasteiger partial charge on any atom is 0.344 e. The molecule has 1 aromatic heterocycles. The second kappa shape index (κ2) is 6.75. The van der Waals surface area contributed by atoms with E-state index in [4.69, 9.17) is 4.42 Å². The Bertz CT molecular complexity index is 1360. The summed E-state index contributed by atoms with van der Waals surface area (Å²) in [6.45, 7) is 4.12. The Hall–Kier alpha value is -3.65. The van der Waals surface area contributed by atoms with Crippen LogP contribution in [-0.4, -0.2) is 0 Å². The molecule has 0 saturated carbocycles. The molecule has 0 bridgehead atoms. The van der Waals surface area contributed by atoms with Crippen LogP contribution in [0.25, 0.3) is 44.3 Å². The molecule has 0 amide bonds. The highest BCUT2D eigenvalue weighted by Crippen LogP contribution is 2.43. The van der Waals surface area contributed by atoms with E-state index in [2.05, 4.69) is 44.2 Å². The summed E-state index contributed by atoms with van der Waals surface area (Å²) in [5, 5.41) is 1.57. The molecule has 0 fully saturated rings. The van der Waals surface area contributed by atoms with E-state index in [-0.39, 0.29) is 5.63 Å². The van der Waals surface area contributed by atoms with E-state index < -0.39 is 0 Å². The van der Waals surface area contributed by atoms with Crippen molar-refractivity contribution in [2.24, 2.45) is 0 Å². The summed E-state index contributed by atoms with van der Waals surface area (Å²) >= 11 is 0. The number of fused-ring (bicyclic) bond motifs is 3. The molecule has 29 heavy (non-hydrogen) atoms. The van der Waals surface area contributed by atoms with Crippen molar-refractivity contribution in [1.82, 2.24) is 0 Å². The van der Waals surface area contributed by atoms with Crippen molar-refractivity contribution in [3.63, 3.8) is 0 Å². The summed E-state index contributed by atoms with van der Waals surface area (Å²) in [7, 11) is 0. The van der Waals surface area contributed by atoms with Gasteiger partial charge in [-0.3, -0.25) is 0 Å². The molecule has 0 atom stereocenters. The van der Waals surface area contributed by atoms with Gasteiger partial charge in [0.15, 0.2) is 0 Å². The first-order valence-electron chi connectivity index (χ1n) is 9.74. The molecule has 0 saturated heterocycles. The summed E-state index contributed by atoms with van der Waals surface area (Å²) in [5.41, 5.74) is 7.06. The highest BCUT2D eigenvalue weighted by atomic mass is 16.4. The van der Waals surface area contributed by atoms with Gasteiger partial charge in [0.25, 0.3) is 0 Å². The van der Waals surface area contributed by atoms with Gasteiger partial charge in [0, 0.05) is 16.5 Å². The lowest BCUT2D eigenvalue weighted by Crippen LogP contribution is -2.01. The van der Waals surface area contributed by atoms with E-state index in [0.717, 1.165) is 33.2 Å². The molecule has 140 valence electrons. The highest BCUT2D eigenvalue weighted by molar-refractivity contribution is 6.12. The molecule has 2 aliphatic rings. The van der Waals surface area contributed by atoms with Crippen LogP contribution < -0.4 is 5.63 Å². The van der Waals surface area contributed by atoms with Gasteiger partial charge in [-0.15, -0.1) is 0 Å². The van der Waals surface area contributed by atoms with Crippen LogP contribution in [0.5, 0.6) is 0 Å². The smallest absolute Gasteiger partial charge is 0.344 e. The van der Waals surface area contributed by atoms with Crippen LogP contribution in [0.1, 0.15) is 11.1 Å². The van der Waals surface area contributed by atoms with Crippen LogP contribution in [0.2, 0.25) is 0 Å². The molecule has 3 aromatic rings. The van der Waals surface area contributed by atoms with Gasteiger partial charge in [-0.1, -0.05) is 90.0 Å². The Labute approximate surface area is 169 Å². The monoisotopic (exact) mass is 376 g/mol. The molecule has 1 heterocycles. The van der Waals surface area contributed by atoms with Crippen LogP contribution >= 0.6 is 0 Å². The molecule has 0 aliphatic heterocycles. The van der Waals surface area contributed by atoms with Crippen molar-refractivity contribution >= 4 is 10.8 Å². The highest BCUT2D eigenvalue weighted by Gasteiger charge is 2.22. The molecule has 2 heteroatoms. The molecule has 5 rings (SSSR count). The third-order valence-electron chi connectivity index (χ3n) is 5.46. The fourth-order valence-electron chi connectivity index (χ4n) is 3.93. The number of benzene rings is 2. The molecular formula is C27H20O2. The second-order valence-electron chi connectivity index (χ2n) is 7.54. The molecule has 2 aliphatic carbocycles. The number of hydrogen-bond acceptors (Lipinski definition) is 2.